The van der Waals surface area contributed by atoms with Gasteiger partial charge in [-0.3, -0.25) is 4.40 Å². The summed E-state index contributed by atoms with van der Waals surface area (Å²) in [5.41, 5.74) is 0.642. The van der Waals surface area contributed by atoms with Crippen LogP contribution >= 0.6 is 0 Å². The van der Waals surface area contributed by atoms with Crippen LogP contribution in [0.1, 0.15) is 11.9 Å². The topological polar surface area (TPSA) is 51.5 Å². The fourth-order valence-electron chi connectivity index (χ4n) is 1.85. The van der Waals surface area contributed by atoms with E-state index in [1.54, 1.807) is 10.5 Å². The Hall–Kier alpha value is -1.53. The van der Waals surface area contributed by atoms with Crippen molar-refractivity contribution < 1.29 is 9.13 Å². The summed E-state index contributed by atoms with van der Waals surface area (Å²) in [6, 6.07) is 2.96. The Morgan fingerprint density at radius 1 is 1.44 bits per heavy atom. The average Bonchev–Trinajstić information content (AvgIpc) is 2.73. The predicted molar refractivity (Wildman–Crippen MR) is 54.5 cm³/mol. The van der Waals surface area contributed by atoms with Crippen LogP contribution in [0.2, 0.25) is 0 Å². The highest BCUT2D eigenvalue weighted by molar-refractivity contribution is 5.38. The summed E-state index contributed by atoms with van der Waals surface area (Å²) in [6.07, 6.45) is 1.39. The zero-order valence-corrected chi connectivity index (χ0v) is 8.56. The van der Waals surface area contributed by atoms with Crippen molar-refractivity contribution in [1.82, 2.24) is 19.9 Å². The van der Waals surface area contributed by atoms with Gasteiger partial charge < -0.3 is 10.1 Å². The van der Waals surface area contributed by atoms with Crippen molar-refractivity contribution in [2.75, 3.05) is 19.8 Å². The Morgan fingerprint density at radius 2 is 2.38 bits per heavy atom. The zero-order valence-electron chi connectivity index (χ0n) is 8.56. The molecule has 3 rings (SSSR count). The van der Waals surface area contributed by atoms with Crippen molar-refractivity contribution in [3.05, 3.63) is 30.0 Å². The van der Waals surface area contributed by atoms with Crippen LogP contribution < -0.4 is 5.32 Å². The summed E-state index contributed by atoms with van der Waals surface area (Å²) in [6.45, 7) is 2.01. The second kappa shape index (κ2) is 3.80. The van der Waals surface area contributed by atoms with Gasteiger partial charge in [0, 0.05) is 12.7 Å². The van der Waals surface area contributed by atoms with Crippen LogP contribution in [0.25, 0.3) is 5.65 Å². The molecule has 84 valence electrons. The minimum atomic E-state index is -0.301. The van der Waals surface area contributed by atoms with E-state index < -0.39 is 0 Å². The van der Waals surface area contributed by atoms with Gasteiger partial charge >= 0.3 is 0 Å². The van der Waals surface area contributed by atoms with Gasteiger partial charge in [-0.1, -0.05) is 0 Å². The molecule has 3 heterocycles. The molecule has 0 spiro atoms. The lowest BCUT2D eigenvalue weighted by Crippen LogP contribution is -2.35. The first kappa shape index (κ1) is 9.68. The van der Waals surface area contributed by atoms with E-state index in [1.807, 2.05) is 0 Å². The lowest BCUT2D eigenvalue weighted by Gasteiger charge is -2.22. The van der Waals surface area contributed by atoms with Crippen LogP contribution in [0.5, 0.6) is 0 Å². The van der Waals surface area contributed by atoms with Gasteiger partial charge in [0.15, 0.2) is 11.5 Å². The normalized spacial score (nSPS) is 21.4. The van der Waals surface area contributed by atoms with Crippen molar-refractivity contribution in [3.8, 4) is 0 Å². The highest BCUT2D eigenvalue weighted by Crippen LogP contribution is 2.15. The van der Waals surface area contributed by atoms with Crippen molar-refractivity contribution in [3.63, 3.8) is 0 Å². The predicted octanol–water partition coefficient (Wildman–Crippen LogP) is 0.529. The summed E-state index contributed by atoms with van der Waals surface area (Å²) in [4.78, 5) is 0. The molecular weight excluding hydrogens is 211 g/mol. The summed E-state index contributed by atoms with van der Waals surface area (Å²) in [7, 11) is 0. The molecule has 2 aromatic rings. The van der Waals surface area contributed by atoms with Gasteiger partial charge in [-0.15, -0.1) is 10.2 Å². The largest absolute Gasteiger partial charge is 0.378 e. The molecule has 0 aliphatic carbocycles. The van der Waals surface area contributed by atoms with Crippen LogP contribution in [-0.4, -0.2) is 34.4 Å². The summed E-state index contributed by atoms with van der Waals surface area (Å²) < 4.78 is 20.1. The third kappa shape index (κ3) is 1.56. The molecule has 1 unspecified atom stereocenters. The molecule has 1 N–H and O–H groups in total. The summed E-state index contributed by atoms with van der Waals surface area (Å²) in [5.74, 6) is 0.388. The number of nitrogens with zero attached hydrogens (tertiary/aromatic N) is 3. The Bertz CT molecular complexity index is 506. The lowest BCUT2D eigenvalue weighted by atomic mass is 10.2. The van der Waals surface area contributed by atoms with Crippen LogP contribution in [0.4, 0.5) is 4.39 Å². The van der Waals surface area contributed by atoms with E-state index in [-0.39, 0.29) is 11.9 Å². The van der Waals surface area contributed by atoms with Crippen LogP contribution in [0.3, 0.4) is 0 Å². The molecule has 1 aliphatic heterocycles. The molecule has 1 fully saturated rings. The quantitative estimate of drug-likeness (QED) is 0.764. The molecule has 0 bridgehead atoms. The molecule has 1 atom stereocenters. The Kier molecular flexibility index (Phi) is 2.30. The van der Waals surface area contributed by atoms with Crippen molar-refractivity contribution >= 4 is 5.65 Å². The van der Waals surface area contributed by atoms with Gasteiger partial charge in [0.2, 0.25) is 0 Å². The van der Waals surface area contributed by atoms with E-state index >= 15 is 0 Å². The smallest absolute Gasteiger partial charge is 0.160 e. The summed E-state index contributed by atoms with van der Waals surface area (Å²) in [5, 5.41) is 11.3. The van der Waals surface area contributed by atoms with Gasteiger partial charge in [0.1, 0.15) is 5.82 Å². The molecule has 16 heavy (non-hydrogen) atoms. The highest BCUT2D eigenvalue weighted by Gasteiger charge is 2.20. The number of aromatic nitrogens is 3. The molecule has 0 radical (unpaired) electrons. The van der Waals surface area contributed by atoms with Gasteiger partial charge in [-0.05, 0) is 12.1 Å². The SMILES string of the molecule is Fc1ccc2nnc(C3COCCN3)n2c1. The van der Waals surface area contributed by atoms with E-state index in [9.17, 15) is 4.39 Å². The van der Waals surface area contributed by atoms with Gasteiger partial charge in [0.05, 0.1) is 19.3 Å². The molecular formula is C10H11FN4O. The fourth-order valence-corrected chi connectivity index (χ4v) is 1.85. The minimum Gasteiger partial charge on any atom is -0.378 e. The van der Waals surface area contributed by atoms with Crippen LogP contribution in [-0.2, 0) is 4.74 Å². The number of halogens is 1. The first-order valence-corrected chi connectivity index (χ1v) is 5.16. The Balaban J connectivity index is 2.05. The first-order chi connectivity index (χ1) is 7.84. The second-order valence-corrected chi connectivity index (χ2v) is 3.72. The molecule has 0 saturated carbocycles. The zero-order chi connectivity index (χ0) is 11.0. The molecule has 5 nitrogen and oxygen atoms in total. The van der Waals surface area contributed by atoms with E-state index in [2.05, 4.69) is 15.5 Å². The van der Waals surface area contributed by atoms with E-state index in [0.717, 1.165) is 6.54 Å². The van der Waals surface area contributed by atoms with Crippen molar-refractivity contribution in [2.45, 2.75) is 6.04 Å². The molecule has 1 saturated heterocycles. The lowest BCUT2D eigenvalue weighted by molar-refractivity contribution is 0.0739. The number of morpholine rings is 1. The van der Waals surface area contributed by atoms with Gasteiger partial charge in [-0.2, -0.15) is 0 Å². The number of pyridine rings is 1. The second-order valence-electron chi connectivity index (χ2n) is 3.72. The molecule has 0 aromatic carbocycles. The molecule has 1 aliphatic rings. The van der Waals surface area contributed by atoms with Gasteiger partial charge in [-0.25, -0.2) is 4.39 Å². The molecule has 2 aromatic heterocycles. The minimum absolute atomic E-state index is 0.0226. The average molecular weight is 222 g/mol. The number of rotatable bonds is 1. The van der Waals surface area contributed by atoms with Crippen molar-refractivity contribution in [1.29, 1.82) is 0 Å². The summed E-state index contributed by atoms with van der Waals surface area (Å²) >= 11 is 0. The van der Waals surface area contributed by atoms with E-state index in [0.29, 0.717) is 24.7 Å². The first-order valence-electron chi connectivity index (χ1n) is 5.16. The van der Waals surface area contributed by atoms with Crippen LogP contribution in [0, 0.1) is 5.82 Å². The fraction of sp³-hybridized carbons (Fsp3) is 0.400. The monoisotopic (exact) mass is 222 g/mol. The number of hydrogen-bond donors (Lipinski definition) is 1. The molecule has 6 heteroatoms. The number of nitrogens with one attached hydrogen (secondary N) is 1. The maximum atomic E-state index is 13.1. The third-order valence-electron chi connectivity index (χ3n) is 2.63. The van der Waals surface area contributed by atoms with E-state index in [4.69, 9.17) is 4.74 Å². The third-order valence-corrected chi connectivity index (χ3v) is 2.63. The maximum absolute atomic E-state index is 13.1. The Labute approximate surface area is 91.2 Å². The number of ether oxygens (including phenoxy) is 1. The highest BCUT2D eigenvalue weighted by atomic mass is 19.1. The van der Waals surface area contributed by atoms with E-state index in [1.165, 1.54) is 12.3 Å². The Morgan fingerprint density at radius 3 is 3.19 bits per heavy atom. The molecule has 0 amide bonds. The maximum Gasteiger partial charge on any atom is 0.160 e. The van der Waals surface area contributed by atoms with Crippen LogP contribution in [0.15, 0.2) is 18.3 Å². The number of fused-ring (bicyclic) bond motifs is 1. The standard InChI is InChI=1S/C10H11FN4O/c11-7-1-2-9-13-14-10(15(9)5-7)8-6-16-4-3-12-8/h1-2,5,8,12H,3-4,6H2. The number of hydrogen-bond acceptors (Lipinski definition) is 4. The van der Waals surface area contributed by atoms with Gasteiger partial charge in [0.25, 0.3) is 0 Å². The van der Waals surface area contributed by atoms with Crippen molar-refractivity contribution in [2.24, 2.45) is 0 Å².